The SMILES string of the molecule is COc1cccc(C(O)CN=C(C[N+](=O)[O-])SC)c1. The number of benzene rings is 1. The molecular weight excluding hydrogens is 268 g/mol. The Kier molecular flexibility index (Phi) is 6.31. The summed E-state index contributed by atoms with van der Waals surface area (Å²) in [5.74, 6) is 0.649. The van der Waals surface area contributed by atoms with E-state index in [0.717, 1.165) is 0 Å². The lowest BCUT2D eigenvalue weighted by Crippen LogP contribution is -2.12. The average molecular weight is 284 g/mol. The van der Waals surface area contributed by atoms with Crippen LogP contribution in [0.1, 0.15) is 11.7 Å². The molecule has 1 aromatic rings. The fourth-order valence-electron chi connectivity index (χ4n) is 1.43. The minimum absolute atomic E-state index is 0.0944. The lowest BCUT2D eigenvalue weighted by Gasteiger charge is -2.10. The van der Waals surface area contributed by atoms with Crippen LogP contribution in [0.4, 0.5) is 0 Å². The minimum Gasteiger partial charge on any atom is -0.497 e. The zero-order valence-electron chi connectivity index (χ0n) is 10.8. The second kappa shape index (κ2) is 7.75. The number of aliphatic hydroxyl groups is 1. The molecule has 0 bridgehead atoms. The second-order valence-electron chi connectivity index (χ2n) is 3.72. The predicted molar refractivity (Wildman–Crippen MR) is 75.6 cm³/mol. The van der Waals surface area contributed by atoms with Gasteiger partial charge in [-0.05, 0) is 24.0 Å². The van der Waals surface area contributed by atoms with Crippen LogP contribution in [-0.4, -0.2) is 41.5 Å². The molecule has 1 aromatic carbocycles. The van der Waals surface area contributed by atoms with Crippen molar-refractivity contribution in [3.63, 3.8) is 0 Å². The Bertz CT molecular complexity index is 465. The molecule has 7 heteroatoms. The quantitative estimate of drug-likeness (QED) is 0.372. The topological polar surface area (TPSA) is 85.0 Å². The molecule has 0 aliphatic heterocycles. The van der Waals surface area contributed by atoms with E-state index in [1.165, 1.54) is 11.8 Å². The van der Waals surface area contributed by atoms with Gasteiger partial charge in [0.1, 0.15) is 10.8 Å². The normalized spacial score (nSPS) is 13.1. The molecule has 19 heavy (non-hydrogen) atoms. The van der Waals surface area contributed by atoms with Crippen molar-refractivity contribution in [3.8, 4) is 5.75 Å². The molecule has 0 amide bonds. The number of hydrogen-bond acceptors (Lipinski definition) is 6. The van der Waals surface area contributed by atoms with Crippen LogP contribution in [0.3, 0.4) is 0 Å². The van der Waals surface area contributed by atoms with Gasteiger partial charge in [-0.25, -0.2) is 0 Å². The van der Waals surface area contributed by atoms with Gasteiger partial charge in [0.15, 0.2) is 0 Å². The average Bonchev–Trinajstić information content (AvgIpc) is 2.42. The molecular formula is C12H16N2O4S. The van der Waals surface area contributed by atoms with Crippen LogP contribution in [0.2, 0.25) is 0 Å². The lowest BCUT2D eigenvalue weighted by atomic mass is 10.1. The van der Waals surface area contributed by atoms with Gasteiger partial charge < -0.3 is 9.84 Å². The van der Waals surface area contributed by atoms with Crippen molar-refractivity contribution in [2.45, 2.75) is 6.10 Å². The van der Waals surface area contributed by atoms with Gasteiger partial charge in [0.25, 0.3) is 6.54 Å². The Balaban J connectivity index is 2.69. The molecule has 0 aliphatic rings. The zero-order chi connectivity index (χ0) is 14.3. The summed E-state index contributed by atoms with van der Waals surface area (Å²) < 4.78 is 5.06. The summed E-state index contributed by atoms with van der Waals surface area (Å²) in [4.78, 5) is 14.0. The van der Waals surface area contributed by atoms with Crippen LogP contribution >= 0.6 is 11.8 Å². The summed E-state index contributed by atoms with van der Waals surface area (Å²) in [6.07, 6.45) is 0.921. The van der Waals surface area contributed by atoms with E-state index < -0.39 is 11.0 Å². The number of nitrogens with zero attached hydrogens (tertiary/aromatic N) is 2. The highest BCUT2D eigenvalue weighted by Crippen LogP contribution is 2.19. The number of hydrogen-bond donors (Lipinski definition) is 1. The van der Waals surface area contributed by atoms with E-state index in [2.05, 4.69) is 4.99 Å². The Morgan fingerprint density at radius 2 is 2.37 bits per heavy atom. The van der Waals surface area contributed by atoms with E-state index in [9.17, 15) is 15.2 Å². The molecule has 0 saturated carbocycles. The summed E-state index contributed by atoms with van der Waals surface area (Å²) in [7, 11) is 1.55. The first-order valence-electron chi connectivity index (χ1n) is 5.58. The third-order valence-corrected chi connectivity index (χ3v) is 3.15. The largest absolute Gasteiger partial charge is 0.497 e. The maximum Gasteiger partial charge on any atom is 0.250 e. The van der Waals surface area contributed by atoms with Gasteiger partial charge in [-0.2, -0.15) is 0 Å². The number of thioether (sulfide) groups is 1. The van der Waals surface area contributed by atoms with E-state index in [1.807, 2.05) is 0 Å². The molecule has 0 saturated heterocycles. The number of rotatable bonds is 6. The standard InChI is InChI=1S/C12H16N2O4S/c1-18-10-5-3-4-9(6-10)11(15)7-13-12(19-2)8-14(16)17/h3-6,11,15H,7-8H2,1-2H3. The minimum atomic E-state index is -0.802. The highest BCUT2D eigenvalue weighted by atomic mass is 32.2. The van der Waals surface area contributed by atoms with Crippen molar-refractivity contribution in [3.05, 3.63) is 39.9 Å². The highest BCUT2D eigenvalue weighted by molar-refractivity contribution is 8.13. The van der Waals surface area contributed by atoms with Crippen molar-refractivity contribution >= 4 is 16.8 Å². The van der Waals surface area contributed by atoms with Crippen LogP contribution in [0, 0.1) is 10.1 Å². The van der Waals surface area contributed by atoms with Gasteiger partial charge in [-0.15, -0.1) is 11.8 Å². The molecule has 1 N–H and O–H groups in total. The number of aliphatic hydroxyl groups excluding tert-OH is 1. The molecule has 0 radical (unpaired) electrons. The number of aliphatic imine (C=N–C) groups is 1. The third kappa shape index (κ3) is 5.27. The van der Waals surface area contributed by atoms with Crippen molar-refractivity contribution < 1.29 is 14.8 Å². The van der Waals surface area contributed by atoms with E-state index in [4.69, 9.17) is 4.74 Å². The molecule has 6 nitrogen and oxygen atoms in total. The van der Waals surface area contributed by atoms with Gasteiger partial charge in [0.05, 0.1) is 19.8 Å². The molecule has 0 fully saturated rings. The van der Waals surface area contributed by atoms with Gasteiger partial charge in [-0.1, -0.05) is 12.1 Å². The highest BCUT2D eigenvalue weighted by Gasteiger charge is 2.10. The second-order valence-corrected chi connectivity index (χ2v) is 4.60. The first-order chi connectivity index (χ1) is 9.06. The first kappa shape index (κ1) is 15.5. The third-order valence-electron chi connectivity index (χ3n) is 2.42. The zero-order valence-corrected chi connectivity index (χ0v) is 11.6. The Morgan fingerprint density at radius 1 is 1.63 bits per heavy atom. The molecule has 104 valence electrons. The molecule has 0 aliphatic carbocycles. The molecule has 0 heterocycles. The molecule has 0 spiro atoms. The number of nitro groups is 1. The van der Waals surface area contributed by atoms with E-state index in [0.29, 0.717) is 16.4 Å². The van der Waals surface area contributed by atoms with Crippen LogP contribution in [0.15, 0.2) is 29.3 Å². The van der Waals surface area contributed by atoms with Crippen molar-refractivity contribution in [1.29, 1.82) is 0 Å². The Morgan fingerprint density at radius 3 is 2.95 bits per heavy atom. The van der Waals surface area contributed by atoms with E-state index >= 15 is 0 Å². The van der Waals surface area contributed by atoms with E-state index in [-0.39, 0.29) is 13.1 Å². The van der Waals surface area contributed by atoms with Crippen LogP contribution < -0.4 is 4.74 Å². The van der Waals surface area contributed by atoms with Gasteiger partial charge in [-0.3, -0.25) is 15.1 Å². The fraction of sp³-hybridized carbons (Fsp3) is 0.417. The fourth-order valence-corrected chi connectivity index (χ4v) is 1.87. The van der Waals surface area contributed by atoms with Crippen LogP contribution in [0.25, 0.3) is 0 Å². The predicted octanol–water partition coefficient (Wildman–Crippen LogP) is 1.77. The van der Waals surface area contributed by atoms with Crippen molar-refractivity contribution in [2.24, 2.45) is 4.99 Å². The summed E-state index contributed by atoms with van der Waals surface area (Å²) >= 11 is 1.22. The number of methoxy groups -OCH3 is 1. The molecule has 1 unspecified atom stereocenters. The van der Waals surface area contributed by atoms with Crippen molar-refractivity contribution in [2.75, 3.05) is 26.5 Å². The van der Waals surface area contributed by atoms with E-state index in [1.54, 1.807) is 37.6 Å². The van der Waals surface area contributed by atoms with Crippen LogP contribution in [0.5, 0.6) is 5.75 Å². The van der Waals surface area contributed by atoms with Crippen molar-refractivity contribution in [1.82, 2.24) is 0 Å². The number of ether oxygens (including phenoxy) is 1. The monoisotopic (exact) mass is 284 g/mol. The van der Waals surface area contributed by atoms with Crippen LogP contribution in [-0.2, 0) is 0 Å². The smallest absolute Gasteiger partial charge is 0.250 e. The molecule has 1 atom stereocenters. The molecule has 1 rings (SSSR count). The summed E-state index contributed by atoms with van der Waals surface area (Å²) in [6, 6.07) is 7.02. The summed E-state index contributed by atoms with van der Waals surface area (Å²) in [5.41, 5.74) is 0.671. The Labute approximate surface area is 115 Å². The van der Waals surface area contributed by atoms with Gasteiger partial charge in [0, 0.05) is 4.92 Å². The maximum atomic E-state index is 10.4. The Hall–Kier alpha value is -1.60. The van der Waals surface area contributed by atoms with Gasteiger partial charge in [0.2, 0.25) is 0 Å². The maximum absolute atomic E-state index is 10.4. The molecule has 0 aromatic heterocycles. The first-order valence-corrected chi connectivity index (χ1v) is 6.80. The summed E-state index contributed by atoms with van der Waals surface area (Å²) in [5, 5.41) is 20.8. The lowest BCUT2D eigenvalue weighted by molar-refractivity contribution is -0.462. The van der Waals surface area contributed by atoms with Gasteiger partial charge >= 0.3 is 0 Å². The summed E-state index contributed by atoms with van der Waals surface area (Å²) in [6.45, 7) is -0.219.